The van der Waals surface area contributed by atoms with Gasteiger partial charge in [0.1, 0.15) is 11.5 Å². The van der Waals surface area contributed by atoms with E-state index >= 15 is 0 Å². The minimum absolute atomic E-state index is 0.0762. The molecule has 2 N–H and O–H groups in total. The number of rotatable bonds is 5. The summed E-state index contributed by atoms with van der Waals surface area (Å²) in [6, 6.07) is 13.3. The summed E-state index contributed by atoms with van der Waals surface area (Å²) in [4.78, 5) is 35.1. The van der Waals surface area contributed by atoms with Gasteiger partial charge in [-0.1, -0.05) is 15.9 Å². The van der Waals surface area contributed by atoms with Crippen molar-refractivity contribution in [3.8, 4) is 11.5 Å². The Balaban J connectivity index is 0.000000534. The number of hydrogen-bond acceptors (Lipinski definition) is 6. The molecule has 2 aromatic carbocycles. The number of halogens is 1. The Morgan fingerprint density at radius 3 is 2.00 bits per heavy atom. The highest BCUT2D eigenvalue weighted by atomic mass is 79.9. The molecule has 1 aliphatic rings. The zero-order chi connectivity index (χ0) is 23.7. The number of benzene rings is 2. The topological polar surface area (TPSA) is 117 Å². The lowest BCUT2D eigenvalue weighted by Gasteiger charge is -2.35. The van der Waals surface area contributed by atoms with E-state index in [1.54, 1.807) is 14.2 Å². The van der Waals surface area contributed by atoms with Crippen molar-refractivity contribution in [2.75, 3.05) is 40.4 Å². The van der Waals surface area contributed by atoms with Gasteiger partial charge in [0.15, 0.2) is 0 Å². The largest absolute Gasteiger partial charge is 0.497 e. The van der Waals surface area contributed by atoms with Crippen LogP contribution in [0.5, 0.6) is 11.5 Å². The van der Waals surface area contributed by atoms with Gasteiger partial charge in [-0.25, -0.2) is 9.59 Å². The molecular weight excluding hydrogens is 484 g/mol. The van der Waals surface area contributed by atoms with Crippen LogP contribution in [0.3, 0.4) is 0 Å². The molecule has 0 aromatic heterocycles. The molecule has 1 heterocycles. The van der Waals surface area contributed by atoms with Crippen LogP contribution in [0.2, 0.25) is 0 Å². The third-order valence-electron chi connectivity index (χ3n) is 4.82. The molecule has 1 amide bonds. The zero-order valence-corrected chi connectivity index (χ0v) is 19.4. The van der Waals surface area contributed by atoms with Crippen molar-refractivity contribution in [3.05, 3.63) is 58.1 Å². The Labute approximate surface area is 194 Å². The molecule has 0 bridgehead atoms. The highest BCUT2D eigenvalue weighted by Crippen LogP contribution is 2.25. The summed E-state index contributed by atoms with van der Waals surface area (Å²) in [6.07, 6.45) is 0. The van der Waals surface area contributed by atoms with Gasteiger partial charge in [0.25, 0.3) is 5.91 Å². The third-order valence-corrected chi connectivity index (χ3v) is 5.31. The maximum absolute atomic E-state index is 12.6. The number of methoxy groups -OCH3 is 2. The molecule has 1 aliphatic heterocycles. The Hall–Kier alpha value is -3.11. The van der Waals surface area contributed by atoms with Gasteiger partial charge < -0.3 is 24.6 Å². The highest BCUT2D eigenvalue weighted by molar-refractivity contribution is 9.10. The number of carboxylic acids is 2. The summed E-state index contributed by atoms with van der Waals surface area (Å²) < 4.78 is 11.6. The fourth-order valence-electron chi connectivity index (χ4n) is 3.14. The fourth-order valence-corrected chi connectivity index (χ4v) is 3.55. The summed E-state index contributed by atoms with van der Waals surface area (Å²) >= 11 is 3.52. The molecule has 0 radical (unpaired) electrons. The van der Waals surface area contributed by atoms with E-state index in [9.17, 15) is 4.79 Å². The fraction of sp³-hybridized carbons (Fsp3) is 0.318. The van der Waals surface area contributed by atoms with Gasteiger partial charge in [0.05, 0.1) is 14.2 Å². The Bertz CT molecular complexity index is 930. The second-order valence-electron chi connectivity index (χ2n) is 6.86. The van der Waals surface area contributed by atoms with Gasteiger partial charge in [-0.15, -0.1) is 0 Å². The number of hydrogen-bond donors (Lipinski definition) is 2. The van der Waals surface area contributed by atoms with E-state index in [2.05, 4.69) is 26.9 Å². The van der Waals surface area contributed by atoms with Crippen molar-refractivity contribution < 1.29 is 34.1 Å². The highest BCUT2D eigenvalue weighted by Gasteiger charge is 2.23. The number of nitrogens with zero attached hydrogens (tertiary/aromatic N) is 2. The maximum atomic E-state index is 12.6. The number of aliphatic carboxylic acids is 2. The quantitative estimate of drug-likeness (QED) is 0.591. The number of carbonyl (C=O) groups excluding carboxylic acids is 1. The van der Waals surface area contributed by atoms with Crippen molar-refractivity contribution in [1.29, 1.82) is 0 Å². The molecule has 0 saturated carbocycles. The lowest BCUT2D eigenvalue weighted by atomic mass is 10.1. The predicted molar refractivity (Wildman–Crippen MR) is 120 cm³/mol. The van der Waals surface area contributed by atoms with Gasteiger partial charge >= 0.3 is 11.9 Å². The Morgan fingerprint density at radius 1 is 0.906 bits per heavy atom. The first kappa shape index (κ1) is 25.2. The van der Waals surface area contributed by atoms with Gasteiger partial charge in [-0.05, 0) is 42.5 Å². The molecule has 2 aromatic rings. The maximum Gasteiger partial charge on any atom is 0.414 e. The minimum Gasteiger partial charge on any atom is -0.497 e. The average molecular weight is 509 g/mol. The zero-order valence-electron chi connectivity index (χ0n) is 17.8. The monoisotopic (exact) mass is 508 g/mol. The number of carbonyl (C=O) groups is 3. The van der Waals surface area contributed by atoms with Crippen molar-refractivity contribution in [3.63, 3.8) is 0 Å². The predicted octanol–water partition coefficient (Wildman–Crippen LogP) is 2.58. The van der Waals surface area contributed by atoms with E-state index in [-0.39, 0.29) is 5.91 Å². The first-order chi connectivity index (χ1) is 15.2. The summed E-state index contributed by atoms with van der Waals surface area (Å²) in [5.41, 5.74) is 1.85. The van der Waals surface area contributed by atoms with Crippen LogP contribution in [-0.2, 0) is 16.1 Å². The van der Waals surface area contributed by atoms with Crippen LogP contribution < -0.4 is 9.47 Å². The molecule has 0 atom stereocenters. The van der Waals surface area contributed by atoms with Crippen LogP contribution in [0, 0.1) is 0 Å². The molecule has 3 rings (SSSR count). The first-order valence-electron chi connectivity index (χ1n) is 9.69. The summed E-state index contributed by atoms with van der Waals surface area (Å²) in [7, 11) is 3.31. The van der Waals surface area contributed by atoms with Crippen LogP contribution in [-0.4, -0.2) is 78.3 Å². The molecule has 9 nitrogen and oxygen atoms in total. The minimum atomic E-state index is -1.82. The van der Waals surface area contributed by atoms with Gasteiger partial charge in [-0.3, -0.25) is 9.69 Å². The molecule has 1 fully saturated rings. The van der Waals surface area contributed by atoms with E-state index in [1.165, 1.54) is 0 Å². The second-order valence-corrected chi connectivity index (χ2v) is 7.78. The van der Waals surface area contributed by atoms with E-state index in [0.29, 0.717) is 5.56 Å². The molecule has 0 spiro atoms. The second kappa shape index (κ2) is 12.1. The standard InChI is InChI=1S/C20H23BrN2O3.C2H2O4/c1-25-18-6-3-15(4-7-18)20(24)23-11-9-22(10-12-23)14-16-13-17(21)5-8-19(16)26-2;3-1(4)2(5)6/h3-8,13H,9-12,14H2,1-2H3;(H,3,4)(H,5,6). The summed E-state index contributed by atoms with van der Waals surface area (Å²) in [6.45, 7) is 3.95. The van der Waals surface area contributed by atoms with Gasteiger partial charge in [0.2, 0.25) is 0 Å². The van der Waals surface area contributed by atoms with Gasteiger partial charge in [-0.2, -0.15) is 0 Å². The third kappa shape index (κ3) is 7.24. The molecule has 1 saturated heterocycles. The van der Waals surface area contributed by atoms with Gasteiger partial charge in [0, 0.05) is 48.3 Å². The number of amides is 1. The van der Waals surface area contributed by atoms with Crippen molar-refractivity contribution in [2.24, 2.45) is 0 Å². The van der Waals surface area contributed by atoms with Crippen LogP contribution in [0.4, 0.5) is 0 Å². The summed E-state index contributed by atoms with van der Waals surface area (Å²) in [5, 5.41) is 14.8. The number of carboxylic acid groups (broad SMARTS) is 2. The Kier molecular flexibility index (Phi) is 9.48. The molecular formula is C22H25BrN2O7. The number of ether oxygens (including phenoxy) is 2. The van der Waals surface area contributed by atoms with Crippen molar-refractivity contribution in [1.82, 2.24) is 9.80 Å². The van der Waals surface area contributed by atoms with Crippen LogP contribution in [0.1, 0.15) is 15.9 Å². The number of piperazine rings is 1. The average Bonchev–Trinajstić information content (AvgIpc) is 2.80. The summed E-state index contributed by atoms with van der Waals surface area (Å²) in [5.74, 6) is -1.92. The first-order valence-corrected chi connectivity index (χ1v) is 10.5. The van der Waals surface area contributed by atoms with Crippen LogP contribution in [0.25, 0.3) is 0 Å². The molecule has 32 heavy (non-hydrogen) atoms. The molecule has 0 aliphatic carbocycles. The van der Waals surface area contributed by atoms with Crippen LogP contribution >= 0.6 is 15.9 Å². The smallest absolute Gasteiger partial charge is 0.414 e. The van der Waals surface area contributed by atoms with Crippen LogP contribution in [0.15, 0.2) is 46.9 Å². The normalized spacial score (nSPS) is 13.5. The van der Waals surface area contributed by atoms with Crippen molar-refractivity contribution >= 4 is 33.8 Å². The molecule has 10 heteroatoms. The SMILES string of the molecule is COc1ccc(C(=O)N2CCN(Cc3cc(Br)ccc3OC)CC2)cc1.O=C(O)C(=O)O. The Morgan fingerprint density at radius 2 is 1.50 bits per heavy atom. The lowest BCUT2D eigenvalue weighted by molar-refractivity contribution is -0.159. The lowest BCUT2D eigenvalue weighted by Crippen LogP contribution is -2.48. The van der Waals surface area contributed by atoms with E-state index in [4.69, 9.17) is 29.3 Å². The molecule has 172 valence electrons. The van der Waals surface area contributed by atoms with E-state index in [0.717, 1.165) is 54.3 Å². The van der Waals surface area contributed by atoms with Crippen molar-refractivity contribution in [2.45, 2.75) is 6.54 Å². The van der Waals surface area contributed by atoms with E-state index in [1.807, 2.05) is 41.3 Å². The molecule has 0 unspecified atom stereocenters. The van der Waals surface area contributed by atoms with E-state index < -0.39 is 11.9 Å².